The molecular weight excluding hydrogens is 442 g/mol. The van der Waals surface area contributed by atoms with Gasteiger partial charge in [0.25, 0.3) is 5.91 Å². The lowest BCUT2D eigenvalue weighted by molar-refractivity contribution is 0.0785. The number of fused-ring (bicyclic) bond motifs is 1. The van der Waals surface area contributed by atoms with Gasteiger partial charge in [0.15, 0.2) is 5.65 Å². The molecule has 0 aliphatic heterocycles. The predicted molar refractivity (Wildman–Crippen MR) is 137 cm³/mol. The maximum atomic E-state index is 12.9. The summed E-state index contributed by atoms with van der Waals surface area (Å²) in [6.07, 6.45) is 0. The molecule has 8 nitrogen and oxygen atoms in total. The van der Waals surface area contributed by atoms with Crippen molar-refractivity contribution in [3.63, 3.8) is 0 Å². The summed E-state index contributed by atoms with van der Waals surface area (Å²) < 4.78 is 7.57. The van der Waals surface area contributed by atoms with E-state index in [2.05, 4.69) is 20.3 Å². The molecule has 0 atom stereocenters. The van der Waals surface area contributed by atoms with Crippen LogP contribution in [-0.2, 0) is 5.60 Å². The zero-order chi connectivity index (χ0) is 25.2. The van der Waals surface area contributed by atoms with Gasteiger partial charge in [-0.3, -0.25) is 4.79 Å². The third kappa shape index (κ3) is 5.85. The average molecular weight is 474 g/mol. The maximum Gasteiger partial charge on any atom is 0.256 e. The van der Waals surface area contributed by atoms with Crippen LogP contribution in [0.4, 0.5) is 5.82 Å². The highest BCUT2D eigenvalue weighted by Gasteiger charge is 2.17. The van der Waals surface area contributed by atoms with Gasteiger partial charge in [0.1, 0.15) is 18.2 Å². The first-order valence-electron chi connectivity index (χ1n) is 11.5. The molecule has 2 heterocycles. The molecule has 0 bridgehead atoms. The predicted octanol–water partition coefficient (Wildman–Crippen LogP) is 4.12. The Hall–Kier alpha value is -3.75. The Morgan fingerprint density at radius 1 is 1.09 bits per heavy atom. The largest absolute Gasteiger partial charge is 0.492 e. The van der Waals surface area contributed by atoms with Crippen molar-refractivity contribution in [3.8, 4) is 17.0 Å². The van der Waals surface area contributed by atoms with E-state index in [4.69, 9.17) is 4.74 Å². The van der Waals surface area contributed by atoms with E-state index in [1.807, 2.05) is 57.4 Å². The molecule has 0 unspecified atom stereocenters. The Labute approximate surface area is 205 Å². The van der Waals surface area contributed by atoms with Gasteiger partial charge in [0.2, 0.25) is 0 Å². The number of hydrogen-bond donors (Lipinski definition) is 2. The van der Waals surface area contributed by atoms with Crippen LogP contribution in [0.1, 0.15) is 35.5 Å². The fourth-order valence-electron chi connectivity index (χ4n) is 3.64. The molecule has 0 aliphatic rings. The molecule has 1 amide bonds. The lowest BCUT2D eigenvalue weighted by atomic mass is 9.97. The van der Waals surface area contributed by atoms with Gasteiger partial charge in [-0.25, -0.2) is 9.50 Å². The number of benzene rings is 2. The van der Waals surface area contributed by atoms with Gasteiger partial charge in [0, 0.05) is 29.8 Å². The Bertz CT molecular complexity index is 1320. The number of amides is 1. The van der Waals surface area contributed by atoms with E-state index in [1.165, 1.54) is 0 Å². The summed E-state index contributed by atoms with van der Waals surface area (Å²) in [6, 6.07) is 18.4. The lowest BCUT2D eigenvalue weighted by Crippen LogP contribution is -2.19. The second-order valence-corrected chi connectivity index (χ2v) is 9.35. The van der Waals surface area contributed by atoms with Crippen LogP contribution in [0.15, 0.2) is 60.7 Å². The molecular formula is C27H31N5O3. The molecule has 2 aromatic heterocycles. The SMILES string of the molecule is Cc1cc2nc(NC(=O)c3ccc(C(C)(C)O)cc3)cc(-c3ccc(OCCN(C)C)cc3)n2n1. The minimum atomic E-state index is -0.969. The van der Waals surface area contributed by atoms with Gasteiger partial charge in [-0.15, -0.1) is 0 Å². The molecule has 0 fully saturated rings. The number of nitrogens with one attached hydrogen (secondary N) is 1. The molecule has 0 saturated heterocycles. The monoisotopic (exact) mass is 473 g/mol. The Balaban J connectivity index is 1.59. The summed E-state index contributed by atoms with van der Waals surface area (Å²) in [7, 11) is 4.02. The van der Waals surface area contributed by atoms with Gasteiger partial charge in [0.05, 0.1) is 17.0 Å². The van der Waals surface area contributed by atoms with Crippen molar-refractivity contribution in [2.24, 2.45) is 0 Å². The highest BCUT2D eigenvalue weighted by atomic mass is 16.5. The minimum Gasteiger partial charge on any atom is -0.492 e. The maximum absolute atomic E-state index is 12.9. The first kappa shape index (κ1) is 24.4. The molecule has 0 saturated carbocycles. The summed E-state index contributed by atoms with van der Waals surface area (Å²) in [6.45, 7) is 6.76. The van der Waals surface area contributed by atoms with Crippen LogP contribution < -0.4 is 10.1 Å². The summed E-state index contributed by atoms with van der Waals surface area (Å²) in [5.41, 5.74) is 3.43. The van der Waals surface area contributed by atoms with E-state index >= 15 is 0 Å². The normalized spacial score (nSPS) is 11.7. The number of carbonyl (C=O) groups is 1. The zero-order valence-corrected chi connectivity index (χ0v) is 20.7. The Morgan fingerprint density at radius 2 is 1.77 bits per heavy atom. The van der Waals surface area contributed by atoms with Crippen LogP contribution in [0, 0.1) is 6.92 Å². The van der Waals surface area contributed by atoms with Crippen LogP contribution >= 0.6 is 0 Å². The molecule has 2 N–H and O–H groups in total. The van der Waals surface area contributed by atoms with Gasteiger partial charge in [-0.05, 0) is 76.8 Å². The minimum absolute atomic E-state index is 0.282. The number of aliphatic hydroxyl groups is 1. The van der Waals surface area contributed by atoms with Crippen molar-refractivity contribution in [3.05, 3.63) is 77.5 Å². The fraction of sp³-hybridized carbons (Fsp3) is 0.296. The summed E-state index contributed by atoms with van der Waals surface area (Å²) >= 11 is 0. The molecule has 8 heteroatoms. The van der Waals surface area contributed by atoms with Crippen molar-refractivity contribution in [1.82, 2.24) is 19.5 Å². The van der Waals surface area contributed by atoms with Gasteiger partial charge >= 0.3 is 0 Å². The molecule has 0 radical (unpaired) electrons. The number of likely N-dealkylation sites (N-methyl/N-ethyl adjacent to an activating group) is 1. The number of nitrogens with zero attached hydrogens (tertiary/aromatic N) is 4. The van der Waals surface area contributed by atoms with E-state index in [9.17, 15) is 9.90 Å². The van der Waals surface area contributed by atoms with Crippen molar-refractivity contribution in [1.29, 1.82) is 0 Å². The number of carbonyl (C=O) groups excluding carboxylic acids is 1. The second kappa shape index (κ2) is 9.85. The fourth-order valence-corrected chi connectivity index (χ4v) is 3.64. The summed E-state index contributed by atoms with van der Waals surface area (Å²) in [4.78, 5) is 19.5. The Morgan fingerprint density at radius 3 is 2.40 bits per heavy atom. The highest BCUT2D eigenvalue weighted by Crippen LogP contribution is 2.26. The molecule has 0 spiro atoms. The van der Waals surface area contributed by atoms with E-state index in [0.717, 1.165) is 34.8 Å². The van der Waals surface area contributed by atoms with E-state index in [0.29, 0.717) is 23.6 Å². The van der Waals surface area contributed by atoms with Crippen LogP contribution in [0.25, 0.3) is 16.9 Å². The van der Waals surface area contributed by atoms with Crippen LogP contribution in [-0.4, -0.2) is 57.8 Å². The van der Waals surface area contributed by atoms with Crippen molar-refractivity contribution in [2.45, 2.75) is 26.4 Å². The number of rotatable bonds is 8. The van der Waals surface area contributed by atoms with Gasteiger partial charge in [-0.2, -0.15) is 5.10 Å². The molecule has 182 valence electrons. The number of aromatic nitrogens is 3. The van der Waals surface area contributed by atoms with Crippen LogP contribution in [0.2, 0.25) is 0 Å². The van der Waals surface area contributed by atoms with E-state index < -0.39 is 5.60 Å². The van der Waals surface area contributed by atoms with Gasteiger partial charge < -0.3 is 20.1 Å². The van der Waals surface area contributed by atoms with E-state index in [-0.39, 0.29) is 5.91 Å². The quantitative estimate of drug-likeness (QED) is 0.400. The highest BCUT2D eigenvalue weighted by molar-refractivity contribution is 6.04. The summed E-state index contributed by atoms with van der Waals surface area (Å²) in [5, 5.41) is 17.6. The Kier molecular flexibility index (Phi) is 6.86. The smallest absolute Gasteiger partial charge is 0.256 e. The van der Waals surface area contributed by atoms with Gasteiger partial charge in [-0.1, -0.05) is 12.1 Å². The van der Waals surface area contributed by atoms with Crippen molar-refractivity contribution in [2.75, 3.05) is 32.6 Å². The number of ether oxygens (including phenoxy) is 1. The number of anilines is 1. The molecule has 0 aliphatic carbocycles. The molecule has 4 aromatic rings. The van der Waals surface area contributed by atoms with Crippen LogP contribution in [0.5, 0.6) is 5.75 Å². The average Bonchev–Trinajstić information content (AvgIpc) is 3.18. The first-order chi connectivity index (χ1) is 16.6. The molecule has 2 aromatic carbocycles. The number of hydrogen-bond acceptors (Lipinski definition) is 6. The third-order valence-corrected chi connectivity index (χ3v) is 5.60. The topological polar surface area (TPSA) is 92.0 Å². The zero-order valence-electron chi connectivity index (χ0n) is 20.7. The van der Waals surface area contributed by atoms with Crippen molar-refractivity contribution >= 4 is 17.4 Å². The van der Waals surface area contributed by atoms with Crippen LogP contribution in [0.3, 0.4) is 0 Å². The number of aryl methyl sites for hydroxylation is 1. The second-order valence-electron chi connectivity index (χ2n) is 9.35. The molecule has 35 heavy (non-hydrogen) atoms. The standard InChI is InChI=1S/C27H31N5O3/c1-18-16-25-28-24(29-26(33)20-6-10-21(11-7-20)27(2,3)34)17-23(32(25)30-18)19-8-12-22(13-9-19)35-15-14-31(4)5/h6-13,16-17,34H,14-15H2,1-5H3,(H,28,29,33). The molecule has 4 rings (SSSR count). The third-order valence-electron chi connectivity index (χ3n) is 5.60. The van der Waals surface area contributed by atoms with Crippen molar-refractivity contribution < 1.29 is 14.6 Å². The summed E-state index contributed by atoms with van der Waals surface area (Å²) in [5.74, 6) is 0.937. The lowest BCUT2D eigenvalue weighted by Gasteiger charge is -2.17. The van der Waals surface area contributed by atoms with E-state index in [1.54, 1.807) is 42.6 Å². The first-order valence-corrected chi connectivity index (χ1v) is 11.5.